The van der Waals surface area contributed by atoms with Crippen LogP contribution in [0.25, 0.3) is 0 Å². The molecule has 0 aromatic heterocycles. The summed E-state index contributed by atoms with van der Waals surface area (Å²) in [6.07, 6.45) is 0. The Morgan fingerprint density at radius 3 is 2.75 bits per heavy atom. The van der Waals surface area contributed by atoms with Crippen LogP contribution < -0.4 is 0 Å². The van der Waals surface area contributed by atoms with Crippen molar-refractivity contribution >= 4 is 34.1 Å². The molecule has 0 spiro atoms. The van der Waals surface area contributed by atoms with E-state index in [2.05, 4.69) is 4.99 Å². The van der Waals surface area contributed by atoms with Gasteiger partial charge < -0.3 is 4.90 Å². The third-order valence-electron chi connectivity index (χ3n) is 3.22. The van der Waals surface area contributed by atoms with E-state index < -0.39 is 4.92 Å². The van der Waals surface area contributed by atoms with Gasteiger partial charge in [0.2, 0.25) is 0 Å². The molecule has 1 aromatic rings. The van der Waals surface area contributed by atoms with Gasteiger partial charge >= 0.3 is 0 Å². The number of aliphatic imine (C=N–C) groups is 1. The van der Waals surface area contributed by atoms with Crippen molar-refractivity contribution < 1.29 is 9.72 Å². The zero-order valence-corrected chi connectivity index (χ0v) is 12.3. The number of benzene rings is 1. The monoisotopic (exact) mass is 293 g/mol. The van der Waals surface area contributed by atoms with Crippen LogP contribution in [-0.2, 0) is 4.79 Å². The van der Waals surface area contributed by atoms with Crippen molar-refractivity contribution in [3.63, 3.8) is 0 Å². The number of nitro groups is 1. The number of amidine groups is 1. The fourth-order valence-corrected chi connectivity index (χ4v) is 3.24. The summed E-state index contributed by atoms with van der Waals surface area (Å²) in [6, 6.07) is 4.43. The van der Waals surface area contributed by atoms with Gasteiger partial charge in [0.25, 0.3) is 5.69 Å². The van der Waals surface area contributed by atoms with Gasteiger partial charge in [-0.25, -0.2) is 4.99 Å². The first-order valence-corrected chi connectivity index (χ1v) is 7.08. The van der Waals surface area contributed by atoms with Gasteiger partial charge in [0, 0.05) is 24.9 Å². The Morgan fingerprint density at radius 2 is 2.25 bits per heavy atom. The van der Waals surface area contributed by atoms with Crippen LogP contribution in [0.3, 0.4) is 0 Å². The van der Waals surface area contributed by atoms with Crippen molar-refractivity contribution in [2.45, 2.75) is 19.9 Å². The highest BCUT2D eigenvalue weighted by Gasteiger charge is 2.30. The standard InChI is InChI=1S/C13H15N3O3S/c1-8-6-10(16(18)19)4-5-11(8)14-13-15(3)12(7-20-13)9(2)17/h4-6,12H,7H2,1-3H3/t12-/m0/s1. The van der Waals surface area contributed by atoms with E-state index in [9.17, 15) is 14.9 Å². The predicted molar refractivity (Wildman–Crippen MR) is 79.6 cm³/mol. The minimum absolute atomic E-state index is 0.0560. The molecule has 1 aliphatic heterocycles. The quantitative estimate of drug-likeness (QED) is 0.632. The zero-order valence-electron chi connectivity index (χ0n) is 11.5. The number of carbonyl (C=O) groups excluding carboxylic acids is 1. The molecule has 0 radical (unpaired) electrons. The Kier molecular flexibility index (Phi) is 4.08. The Bertz CT molecular complexity index is 601. The first kappa shape index (κ1) is 14.5. The number of nitrogens with zero attached hydrogens (tertiary/aromatic N) is 3. The minimum atomic E-state index is -0.424. The molecule has 7 heteroatoms. The number of carbonyl (C=O) groups is 1. The molecule has 0 bridgehead atoms. The molecular formula is C13H15N3O3S. The summed E-state index contributed by atoms with van der Waals surface area (Å²) in [7, 11) is 1.84. The lowest BCUT2D eigenvalue weighted by Gasteiger charge is -2.18. The lowest BCUT2D eigenvalue weighted by Crippen LogP contribution is -2.35. The van der Waals surface area contributed by atoms with E-state index in [1.54, 1.807) is 19.9 Å². The number of hydrogen-bond acceptors (Lipinski definition) is 5. The summed E-state index contributed by atoms with van der Waals surface area (Å²) in [5.74, 6) is 0.807. The largest absolute Gasteiger partial charge is 0.343 e. The summed E-state index contributed by atoms with van der Waals surface area (Å²) in [4.78, 5) is 28.1. The van der Waals surface area contributed by atoms with Crippen LogP contribution in [0.5, 0.6) is 0 Å². The van der Waals surface area contributed by atoms with E-state index in [1.165, 1.54) is 23.9 Å². The molecule has 1 heterocycles. The van der Waals surface area contributed by atoms with Gasteiger partial charge in [-0.15, -0.1) is 0 Å². The normalized spacial score (nSPS) is 20.4. The van der Waals surface area contributed by atoms with E-state index in [4.69, 9.17) is 0 Å². The van der Waals surface area contributed by atoms with Crippen LogP contribution in [-0.4, -0.2) is 39.6 Å². The average Bonchev–Trinajstić information content (AvgIpc) is 2.73. The minimum Gasteiger partial charge on any atom is -0.343 e. The fourth-order valence-electron chi connectivity index (χ4n) is 1.98. The molecule has 0 N–H and O–H groups in total. The number of non-ortho nitro benzene ring substituents is 1. The molecule has 2 rings (SSSR count). The molecular weight excluding hydrogens is 278 g/mol. The summed E-state index contributed by atoms with van der Waals surface area (Å²) in [5, 5.41) is 11.5. The van der Waals surface area contributed by atoms with E-state index in [0.29, 0.717) is 11.4 Å². The molecule has 106 valence electrons. The molecule has 1 atom stereocenters. The van der Waals surface area contributed by atoms with Crippen LogP contribution in [0.2, 0.25) is 0 Å². The van der Waals surface area contributed by atoms with Crippen LogP contribution in [0, 0.1) is 17.0 Å². The second-order valence-electron chi connectivity index (χ2n) is 4.67. The highest BCUT2D eigenvalue weighted by molar-refractivity contribution is 8.14. The summed E-state index contributed by atoms with van der Waals surface area (Å²) >= 11 is 1.52. The van der Waals surface area contributed by atoms with Gasteiger partial charge in [0.1, 0.15) is 0 Å². The Labute approximate surface area is 121 Å². The molecule has 0 unspecified atom stereocenters. The maximum atomic E-state index is 11.5. The number of nitro benzene ring substituents is 1. The van der Waals surface area contributed by atoms with Crippen molar-refractivity contribution in [1.29, 1.82) is 0 Å². The first-order chi connectivity index (χ1) is 9.40. The van der Waals surface area contributed by atoms with Gasteiger partial charge in [0.15, 0.2) is 11.0 Å². The SMILES string of the molecule is CC(=O)[C@@H]1CSC(=Nc2ccc([N+](=O)[O-])cc2C)N1C. The smallest absolute Gasteiger partial charge is 0.269 e. The highest BCUT2D eigenvalue weighted by Crippen LogP contribution is 2.29. The Balaban J connectivity index is 2.28. The predicted octanol–water partition coefficient (Wildman–Crippen LogP) is 2.53. The second kappa shape index (κ2) is 5.62. The van der Waals surface area contributed by atoms with Crippen LogP contribution in [0.1, 0.15) is 12.5 Å². The number of aryl methyl sites for hydroxylation is 1. The van der Waals surface area contributed by atoms with E-state index in [-0.39, 0.29) is 17.5 Å². The molecule has 1 saturated heterocycles. The third kappa shape index (κ3) is 2.82. The maximum Gasteiger partial charge on any atom is 0.269 e. The number of likely N-dealkylation sites (N-methyl/N-ethyl adjacent to an activating group) is 1. The highest BCUT2D eigenvalue weighted by atomic mass is 32.2. The summed E-state index contributed by atoms with van der Waals surface area (Å²) < 4.78 is 0. The number of Topliss-reactive ketones (excluding diaryl/α,β-unsaturated/α-hetero) is 1. The van der Waals surface area contributed by atoms with Gasteiger partial charge in [-0.2, -0.15) is 0 Å². The van der Waals surface area contributed by atoms with E-state index in [1.807, 2.05) is 11.9 Å². The van der Waals surface area contributed by atoms with Crippen LogP contribution in [0.4, 0.5) is 11.4 Å². The fraction of sp³-hybridized carbons (Fsp3) is 0.385. The average molecular weight is 293 g/mol. The number of hydrogen-bond donors (Lipinski definition) is 0. The van der Waals surface area contributed by atoms with Crippen molar-refractivity contribution in [3.05, 3.63) is 33.9 Å². The summed E-state index contributed by atoms with van der Waals surface area (Å²) in [5.41, 5.74) is 1.49. The van der Waals surface area contributed by atoms with Gasteiger partial charge in [0.05, 0.1) is 16.7 Å². The third-order valence-corrected chi connectivity index (χ3v) is 4.34. The Hall–Kier alpha value is -1.89. The molecule has 20 heavy (non-hydrogen) atoms. The first-order valence-electron chi connectivity index (χ1n) is 6.10. The molecule has 0 amide bonds. The van der Waals surface area contributed by atoms with Crippen molar-refractivity contribution in [3.8, 4) is 0 Å². The van der Waals surface area contributed by atoms with Gasteiger partial charge in [-0.05, 0) is 25.5 Å². The molecule has 0 aliphatic carbocycles. The number of rotatable bonds is 3. The van der Waals surface area contributed by atoms with E-state index >= 15 is 0 Å². The van der Waals surface area contributed by atoms with Crippen molar-refractivity contribution in [2.24, 2.45) is 4.99 Å². The lowest BCUT2D eigenvalue weighted by molar-refractivity contribution is -0.384. The second-order valence-corrected chi connectivity index (χ2v) is 5.66. The van der Waals surface area contributed by atoms with Crippen LogP contribution in [0.15, 0.2) is 23.2 Å². The molecule has 6 nitrogen and oxygen atoms in total. The van der Waals surface area contributed by atoms with E-state index in [0.717, 1.165) is 10.7 Å². The van der Waals surface area contributed by atoms with Crippen molar-refractivity contribution in [1.82, 2.24) is 4.90 Å². The topological polar surface area (TPSA) is 75.8 Å². The molecule has 0 saturated carbocycles. The summed E-state index contributed by atoms with van der Waals surface area (Å²) in [6.45, 7) is 3.36. The number of ketones is 1. The molecule has 1 aliphatic rings. The Morgan fingerprint density at radius 1 is 1.55 bits per heavy atom. The van der Waals surface area contributed by atoms with Gasteiger partial charge in [-0.1, -0.05) is 11.8 Å². The maximum absolute atomic E-state index is 11.5. The number of thioether (sulfide) groups is 1. The van der Waals surface area contributed by atoms with Crippen molar-refractivity contribution in [2.75, 3.05) is 12.8 Å². The van der Waals surface area contributed by atoms with Gasteiger partial charge in [-0.3, -0.25) is 14.9 Å². The zero-order chi connectivity index (χ0) is 14.9. The lowest BCUT2D eigenvalue weighted by atomic mass is 10.2. The molecule has 1 aromatic carbocycles. The van der Waals surface area contributed by atoms with Crippen LogP contribution >= 0.6 is 11.8 Å². The molecule has 1 fully saturated rings.